The van der Waals surface area contributed by atoms with Crippen LogP contribution in [0.2, 0.25) is 0 Å². The van der Waals surface area contributed by atoms with Crippen LogP contribution in [-0.4, -0.2) is 22.6 Å². The molecule has 94 valence electrons. The molecule has 1 amide bonds. The Morgan fingerprint density at radius 1 is 1.39 bits per heavy atom. The van der Waals surface area contributed by atoms with Gasteiger partial charge in [0, 0.05) is 18.5 Å². The Morgan fingerprint density at radius 3 is 2.89 bits per heavy atom. The van der Waals surface area contributed by atoms with Crippen molar-refractivity contribution in [3.8, 4) is 10.6 Å². The SMILES string of the molecule is NCCC(=O)Nc1nnc(-c2ccccc2F)s1. The minimum absolute atomic E-state index is 0.217. The first-order chi connectivity index (χ1) is 8.70. The molecule has 1 aromatic carbocycles. The number of hydrogen-bond donors (Lipinski definition) is 2. The monoisotopic (exact) mass is 266 g/mol. The van der Waals surface area contributed by atoms with Crippen molar-refractivity contribution in [2.45, 2.75) is 6.42 Å². The summed E-state index contributed by atoms with van der Waals surface area (Å²) < 4.78 is 13.5. The third kappa shape index (κ3) is 2.88. The molecule has 18 heavy (non-hydrogen) atoms. The third-order valence-electron chi connectivity index (χ3n) is 2.15. The number of nitrogens with zero attached hydrogens (tertiary/aromatic N) is 2. The maximum atomic E-state index is 13.5. The van der Waals surface area contributed by atoms with Crippen LogP contribution >= 0.6 is 11.3 Å². The van der Waals surface area contributed by atoms with Crippen molar-refractivity contribution in [2.24, 2.45) is 5.73 Å². The second-order valence-corrected chi connectivity index (χ2v) is 4.46. The molecule has 0 aliphatic heterocycles. The van der Waals surface area contributed by atoms with Crippen LogP contribution in [0.5, 0.6) is 0 Å². The van der Waals surface area contributed by atoms with Crippen LogP contribution in [0.1, 0.15) is 6.42 Å². The fraction of sp³-hybridized carbons (Fsp3) is 0.182. The summed E-state index contributed by atoms with van der Waals surface area (Å²) in [6, 6.07) is 6.28. The van der Waals surface area contributed by atoms with Gasteiger partial charge in [-0.2, -0.15) is 0 Å². The van der Waals surface area contributed by atoms with Crippen molar-refractivity contribution >= 4 is 22.4 Å². The van der Waals surface area contributed by atoms with Crippen LogP contribution < -0.4 is 11.1 Å². The highest BCUT2D eigenvalue weighted by Gasteiger charge is 2.11. The number of carbonyl (C=O) groups is 1. The number of aromatic nitrogens is 2. The first-order valence-corrected chi connectivity index (χ1v) is 6.10. The van der Waals surface area contributed by atoms with E-state index in [0.29, 0.717) is 15.7 Å². The second kappa shape index (κ2) is 5.65. The van der Waals surface area contributed by atoms with Crippen LogP contribution in [0.15, 0.2) is 24.3 Å². The van der Waals surface area contributed by atoms with Gasteiger partial charge in [-0.3, -0.25) is 4.79 Å². The van der Waals surface area contributed by atoms with E-state index in [4.69, 9.17) is 5.73 Å². The maximum absolute atomic E-state index is 13.5. The number of benzene rings is 1. The quantitative estimate of drug-likeness (QED) is 0.881. The molecule has 2 rings (SSSR count). The molecular formula is C11H11FN4OS. The zero-order valence-electron chi connectivity index (χ0n) is 9.39. The summed E-state index contributed by atoms with van der Waals surface area (Å²) in [6.07, 6.45) is 0.217. The number of nitrogens with one attached hydrogen (secondary N) is 1. The van der Waals surface area contributed by atoms with Crippen LogP contribution in [0.25, 0.3) is 10.6 Å². The molecule has 7 heteroatoms. The van der Waals surface area contributed by atoms with E-state index in [-0.39, 0.29) is 24.7 Å². The van der Waals surface area contributed by atoms with Gasteiger partial charge >= 0.3 is 0 Å². The average molecular weight is 266 g/mol. The molecule has 0 spiro atoms. The molecule has 0 aliphatic rings. The van der Waals surface area contributed by atoms with Gasteiger partial charge in [0.05, 0.1) is 0 Å². The molecule has 0 unspecified atom stereocenters. The number of amides is 1. The number of carbonyl (C=O) groups excluding carboxylic acids is 1. The Labute approximate surface area is 107 Å². The number of rotatable bonds is 4. The molecule has 0 atom stereocenters. The zero-order chi connectivity index (χ0) is 13.0. The van der Waals surface area contributed by atoms with Crippen molar-refractivity contribution in [3.63, 3.8) is 0 Å². The summed E-state index contributed by atoms with van der Waals surface area (Å²) in [7, 11) is 0. The van der Waals surface area contributed by atoms with Gasteiger partial charge in [-0.05, 0) is 12.1 Å². The number of hydrogen-bond acceptors (Lipinski definition) is 5. The molecule has 0 saturated carbocycles. The maximum Gasteiger partial charge on any atom is 0.227 e. The molecule has 2 aromatic rings. The third-order valence-corrected chi connectivity index (χ3v) is 3.02. The van der Waals surface area contributed by atoms with E-state index in [2.05, 4.69) is 15.5 Å². The standard InChI is InChI=1S/C11H11FN4OS/c12-8-4-2-1-3-7(8)10-15-16-11(18-10)14-9(17)5-6-13/h1-4H,5-6,13H2,(H,14,16,17). The van der Waals surface area contributed by atoms with E-state index in [1.165, 1.54) is 6.07 Å². The van der Waals surface area contributed by atoms with Crippen LogP contribution in [-0.2, 0) is 4.79 Å². The smallest absolute Gasteiger partial charge is 0.227 e. The molecule has 0 aliphatic carbocycles. The van der Waals surface area contributed by atoms with E-state index in [1.807, 2.05) is 0 Å². The van der Waals surface area contributed by atoms with E-state index in [0.717, 1.165) is 11.3 Å². The van der Waals surface area contributed by atoms with Crippen LogP contribution in [0, 0.1) is 5.82 Å². The Kier molecular flexibility index (Phi) is 3.96. The minimum atomic E-state index is -0.367. The predicted molar refractivity (Wildman–Crippen MR) is 67.6 cm³/mol. The molecule has 3 N–H and O–H groups in total. The van der Waals surface area contributed by atoms with Gasteiger partial charge in [0.15, 0.2) is 5.01 Å². The Morgan fingerprint density at radius 2 is 2.17 bits per heavy atom. The molecule has 0 fully saturated rings. The van der Waals surface area contributed by atoms with Crippen molar-refractivity contribution in [1.29, 1.82) is 0 Å². The molecule has 5 nitrogen and oxygen atoms in total. The van der Waals surface area contributed by atoms with E-state index in [9.17, 15) is 9.18 Å². The summed E-state index contributed by atoms with van der Waals surface area (Å²) in [4.78, 5) is 11.3. The number of anilines is 1. The van der Waals surface area contributed by atoms with E-state index < -0.39 is 0 Å². The highest BCUT2D eigenvalue weighted by atomic mass is 32.1. The lowest BCUT2D eigenvalue weighted by atomic mass is 10.2. The average Bonchev–Trinajstić information content (AvgIpc) is 2.78. The zero-order valence-corrected chi connectivity index (χ0v) is 10.2. The van der Waals surface area contributed by atoms with Crippen molar-refractivity contribution in [2.75, 3.05) is 11.9 Å². The van der Waals surface area contributed by atoms with Crippen molar-refractivity contribution < 1.29 is 9.18 Å². The van der Waals surface area contributed by atoms with E-state index >= 15 is 0 Å². The normalized spacial score (nSPS) is 10.3. The van der Waals surface area contributed by atoms with Crippen LogP contribution in [0.4, 0.5) is 9.52 Å². The van der Waals surface area contributed by atoms with Crippen LogP contribution in [0.3, 0.4) is 0 Å². The van der Waals surface area contributed by atoms with Crippen molar-refractivity contribution in [3.05, 3.63) is 30.1 Å². The molecule has 1 heterocycles. The molecule has 0 bridgehead atoms. The Balaban J connectivity index is 2.16. The fourth-order valence-electron chi connectivity index (χ4n) is 1.33. The second-order valence-electron chi connectivity index (χ2n) is 3.48. The summed E-state index contributed by atoms with van der Waals surface area (Å²) in [6.45, 7) is 0.269. The Hall–Kier alpha value is -1.86. The Bertz CT molecular complexity index is 557. The predicted octanol–water partition coefficient (Wildman–Crippen LogP) is 1.63. The summed E-state index contributed by atoms with van der Waals surface area (Å²) in [5.74, 6) is -0.595. The first-order valence-electron chi connectivity index (χ1n) is 5.29. The summed E-state index contributed by atoms with van der Waals surface area (Å²) in [5.41, 5.74) is 5.63. The minimum Gasteiger partial charge on any atom is -0.330 e. The summed E-state index contributed by atoms with van der Waals surface area (Å²) in [5, 5.41) is 11.0. The van der Waals surface area contributed by atoms with Gasteiger partial charge in [0.25, 0.3) is 0 Å². The topological polar surface area (TPSA) is 80.9 Å². The number of nitrogens with two attached hydrogens (primary N) is 1. The molecule has 1 aromatic heterocycles. The van der Waals surface area contributed by atoms with Gasteiger partial charge < -0.3 is 11.1 Å². The van der Waals surface area contributed by atoms with Gasteiger partial charge in [-0.1, -0.05) is 23.5 Å². The highest BCUT2D eigenvalue weighted by Crippen LogP contribution is 2.28. The van der Waals surface area contributed by atoms with Crippen molar-refractivity contribution in [1.82, 2.24) is 10.2 Å². The molecule has 0 radical (unpaired) electrons. The summed E-state index contributed by atoms with van der Waals surface area (Å²) >= 11 is 1.12. The van der Waals surface area contributed by atoms with E-state index in [1.54, 1.807) is 18.2 Å². The fourth-order valence-corrected chi connectivity index (χ4v) is 2.12. The lowest BCUT2D eigenvalue weighted by molar-refractivity contribution is -0.116. The number of halogens is 1. The first kappa shape index (κ1) is 12.6. The van der Waals surface area contributed by atoms with Gasteiger partial charge in [0.1, 0.15) is 5.82 Å². The lowest BCUT2D eigenvalue weighted by Gasteiger charge is -1.97. The van der Waals surface area contributed by atoms with Gasteiger partial charge in [0.2, 0.25) is 11.0 Å². The lowest BCUT2D eigenvalue weighted by Crippen LogP contribution is -2.15. The molecule has 0 saturated heterocycles. The van der Waals surface area contributed by atoms with Gasteiger partial charge in [-0.15, -0.1) is 10.2 Å². The van der Waals surface area contributed by atoms with Gasteiger partial charge in [-0.25, -0.2) is 4.39 Å². The largest absolute Gasteiger partial charge is 0.330 e. The highest BCUT2D eigenvalue weighted by molar-refractivity contribution is 7.18. The molecular weight excluding hydrogens is 255 g/mol.